The van der Waals surface area contributed by atoms with Crippen LogP contribution in [0.1, 0.15) is 10.4 Å². The van der Waals surface area contributed by atoms with Crippen molar-refractivity contribution in [2.45, 2.75) is 6.54 Å². The van der Waals surface area contributed by atoms with E-state index in [2.05, 4.69) is 5.92 Å². The van der Waals surface area contributed by atoms with E-state index in [1.165, 1.54) is 23.0 Å². The molecule has 1 N–H and O–H groups in total. The lowest BCUT2D eigenvalue weighted by molar-refractivity contribution is 0.0694. The number of rotatable bonds is 2. The van der Waals surface area contributed by atoms with Crippen LogP contribution in [0.25, 0.3) is 0 Å². The van der Waals surface area contributed by atoms with Crippen LogP contribution < -0.4 is 5.43 Å². The quantitative estimate of drug-likeness (QED) is 0.655. The highest BCUT2D eigenvalue weighted by atomic mass is 16.4. The molecule has 4 nitrogen and oxygen atoms in total. The van der Waals surface area contributed by atoms with Crippen molar-refractivity contribution in [2.24, 2.45) is 0 Å². The van der Waals surface area contributed by atoms with Gasteiger partial charge in [-0.3, -0.25) is 4.79 Å². The molecule has 66 valence electrons. The Hall–Kier alpha value is -2.02. The number of hydrogen-bond donors (Lipinski definition) is 1. The van der Waals surface area contributed by atoms with Gasteiger partial charge in [0.25, 0.3) is 0 Å². The zero-order valence-electron chi connectivity index (χ0n) is 6.73. The highest BCUT2D eigenvalue weighted by Gasteiger charge is 2.07. The second-order valence-corrected chi connectivity index (χ2v) is 2.40. The zero-order valence-corrected chi connectivity index (χ0v) is 6.73. The molecule has 0 spiro atoms. The lowest BCUT2D eigenvalue weighted by Gasteiger charge is -2.01. The maximum Gasteiger partial charge on any atom is 0.341 e. The highest BCUT2D eigenvalue weighted by molar-refractivity contribution is 5.86. The van der Waals surface area contributed by atoms with Gasteiger partial charge in [0.1, 0.15) is 5.56 Å². The number of pyridine rings is 1. The molecule has 0 unspecified atom stereocenters. The standard InChI is InChI=1S/C9H7NO3/c1-2-4-10-5-3-8(11)7(6-10)9(12)13/h1,3,5-6H,4H2,(H,12,13). The number of aromatic carboxylic acids is 1. The molecule has 1 rings (SSSR count). The summed E-state index contributed by atoms with van der Waals surface area (Å²) in [5, 5.41) is 8.59. The van der Waals surface area contributed by atoms with E-state index in [1.807, 2.05) is 0 Å². The van der Waals surface area contributed by atoms with Crippen LogP contribution >= 0.6 is 0 Å². The maximum absolute atomic E-state index is 11.0. The fourth-order valence-electron chi connectivity index (χ4n) is 0.890. The summed E-state index contributed by atoms with van der Waals surface area (Å²) in [4.78, 5) is 21.5. The molecule has 4 heteroatoms. The number of hydrogen-bond acceptors (Lipinski definition) is 2. The summed E-state index contributed by atoms with van der Waals surface area (Å²) in [6, 6.07) is 1.18. The Balaban J connectivity index is 3.21. The highest BCUT2D eigenvalue weighted by Crippen LogP contribution is 1.92. The van der Waals surface area contributed by atoms with Crippen LogP contribution in [0.5, 0.6) is 0 Å². The van der Waals surface area contributed by atoms with Crippen LogP contribution in [0.2, 0.25) is 0 Å². The Morgan fingerprint density at radius 3 is 2.92 bits per heavy atom. The van der Waals surface area contributed by atoms with Gasteiger partial charge in [-0.05, 0) is 0 Å². The van der Waals surface area contributed by atoms with Gasteiger partial charge in [0, 0.05) is 18.5 Å². The van der Waals surface area contributed by atoms with E-state index in [1.54, 1.807) is 0 Å². The minimum absolute atomic E-state index is 0.251. The molecule has 1 aromatic heterocycles. The van der Waals surface area contributed by atoms with Crippen molar-refractivity contribution in [3.8, 4) is 12.3 Å². The Morgan fingerprint density at radius 1 is 1.69 bits per heavy atom. The normalized spacial score (nSPS) is 9.15. The van der Waals surface area contributed by atoms with Gasteiger partial charge in [-0.15, -0.1) is 6.42 Å². The van der Waals surface area contributed by atoms with E-state index >= 15 is 0 Å². The van der Waals surface area contributed by atoms with E-state index < -0.39 is 11.4 Å². The molecular weight excluding hydrogens is 170 g/mol. The summed E-state index contributed by atoms with van der Waals surface area (Å²) in [6.45, 7) is 0.251. The fraction of sp³-hybridized carbons (Fsp3) is 0.111. The molecule has 0 saturated carbocycles. The Bertz CT molecular complexity index is 425. The lowest BCUT2D eigenvalue weighted by atomic mass is 10.3. The first-order valence-corrected chi connectivity index (χ1v) is 3.52. The number of carboxylic acids is 1. The molecule has 0 bridgehead atoms. The van der Waals surface area contributed by atoms with Gasteiger partial charge in [0.15, 0.2) is 5.43 Å². The van der Waals surface area contributed by atoms with Crippen molar-refractivity contribution in [3.63, 3.8) is 0 Å². The average molecular weight is 177 g/mol. The van der Waals surface area contributed by atoms with Gasteiger partial charge in [0.2, 0.25) is 0 Å². The Kier molecular flexibility index (Phi) is 2.50. The van der Waals surface area contributed by atoms with Crippen LogP contribution in [0.4, 0.5) is 0 Å². The van der Waals surface area contributed by atoms with Crippen molar-refractivity contribution in [3.05, 3.63) is 34.2 Å². The third-order valence-electron chi connectivity index (χ3n) is 1.48. The van der Waals surface area contributed by atoms with Crippen LogP contribution in [0.15, 0.2) is 23.3 Å². The summed E-state index contributed by atoms with van der Waals surface area (Å²) in [5.74, 6) is 1.10. The fourth-order valence-corrected chi connectivity index (χ4v) is 0.890. The van der Waals surface area contributed by atoms with Crippen LogP contribution in [0.3, 0.4) is 0 Å². The van der Waals surface area contributed by atoms with Crippen LogP contribution in [0, 0.1) is 12.3 Å². The molecule has 0 saturated heterocycles. The van der Waals surface area contributed by atoms with Crippen molar-refractivity contribution < 1.29 is 9.90 Å². The summed E-state index contributed by atoms with van der Waals surface area (Å²) in [6.07, 6.45) is 7.71. The Labute approximate surface area is 74.4 Å². The van der Waals surface area contributed by atoms with Gasteiger partial charge < -0.3 is 9.67 Å². The van der Waals surface area contributed by atoms with Gasteiger partial charge in [0.05, 0.1) is 6.54 Å². The zero-order chi connectivity index (χ0) is 9.84. The molecule has 0 aromatic carbocycles. The number of nitrogens with zero attached hydrogens (tertiary/aromatic N) is 1. The van der Waals surface area contributed by atoms with E-state index in [0.717, 1.165) is 0 Å². The third-order valence-corrected chi connectivity index (χ3v) is 1.48. The smallest absolute Gasteiger partial charge is 0.341 e. The molecule has 0 aliphatic carbocycles. The summed E-state index contributed by atoms with van der Waals surface area (Å²) in [7, 11) is 0. The second-order valence-electron chi connectivity index (χ2n) is 2.40. The molecule has 0 radical (unpaired) electrons. The molecule has 0 amide bonds. The first kappa shape index (κ1) is 9.07. The monoisotopic (exact) mass is 177 g/mol. The first-order valence-electron chi connectivity index (χ1n) is 3.52. The largest absolute Gasteiger partial charge is 0.477 e. The molecule has 0 atom stereocenters. The van der Waals surface area contributed by atoms with Gasteiger partial charge >= 0.3 is 5.97 Å². The van der Waals surface area contributed by atoms with Crippen molar-refractivity contribution >= 4 is 5.97 Å². The number of carboxylic acid groups (broad SMARTS) is 1. The SMILES string of the molecule is C#CCn1ccc(=O)c(C(=O)O)c1. The minimum atomic E-state index is -1.24. The summed E-state index contributed by atoms with van der Waals surface area (Å²) in [5.41, 5.74) is -0.779. The van der Waals surface area contributed by atoms with E-state index in [-0.39, 0.29) is 12.1 Å². The third kappa shape index (κ3) is 1.97. The summed E-state index contributed by atoms with van der Waals surface area (Å²) < 4.78 is 1.46. The van der Waals surface area contributed by atoms with Crippen LogP contribution in [-0.4, -0.2) is 15.6 Å². The maximum atomic E-state index is 11.0. The number of carbonyl (C=O) groups is 1. The molecule has 1 heterocycles. The van der Waals surface area contributed by atoms with E-state index in [9.17, 15) is 9.59 Å². The predicted octanol–water partition coefficient (Wildman–Crippen LogP) is 0.180. The van der Waals surface area contributed by atoms with Crippen LogP contribution in [-0.2, 0) is 6.54 Å². The first-order chi connectivity index (χ1) is 6.15. The second kappa shape index (κ2) is 3.59. The summed E-state index contributed by atoms with van der Waals surface area (Å²) >= 11 is 0. The molecule has 1 aromatic rings. The number of terminal acetylenes is 1. The van der Waals surface area contributed by atoms with Gasteiger partial charge in [-0.2, -0.15) is 0 Å². The van der Waals surface area contributed by atoms with Gasteiger partial charge in [-0.1, -0.05) is 5.92 Å². The molecule has 0 aliphatic heterocycles. The minimum Gasteiger partial charge on any atom is -0.477 e. The molecule has 0 fully saturated rings. The predicted molar refractivity (Wildman–Crippen MR) is 46.5 cm³/mol. The van der Waals surface area contributed by atoms with Crippen molar-refractivity contribution in [1.29, 1.82) is 0 Å². The van der Waals surface area contributed by atoms with E-state index in [4.69, 9.17) is 11.5 Å². The molecule has 0 aliphatic rings. The average Bonchev–Trinajstić information content (AvgIpc) is 2.08. The molecule has 13 heavy (non-hydrogen) atoms. The molecular formula is C9H7NO3. The van der Waals surface area contributed by atoms with Crippen molar-refractivity contribution in [1.82, 2.24) is 4.57 Å². The Morgan fingerprint density at radius 2 is 2.38 bits per heavy atom. The van der Waals surface area contributed by atoms with Gasteiger partial charge in [-0.25, -0.2) is 4.79 Å². The topological polar surface area (TPSA) is 59.3 Å². The lowest BCUT2D eigenvalue weighted by Crippen LogP contribution is -2.16. The van der Waals surface area contributed by atoms with Crippen molar-refractivity contribution in [2.75, 3.05) is 0 Å². The van der Waals surface area contributed by atoms with E-state index in [0.29, 0.717) is 0 Å². The number of aromatic nitrogens is 1.